The highest BCUT2D eigenvalue weighted by molar-refractivity contribution is 14.1. The van der Waals surface area contributed by atoms with Crippen LogP contribution in [-0.4, -0.2) is 37.9 Å². The van der Waals surface area contributed by atoms with Gasteiger partial charge in [0, 0.05) is 28.3 Å². The van der Waals surface area contributed by atoms with Gasteiger partial charge in [0.05, 0.1) is 10.6 Å². The van der Waals surface area contributed by atoms with Crippen LogP contribution in [0, 0.1) is 10.5 Å². The molecule has 2 heterocycles. The standard InChI is InChI=1S/C26H25IN2O5S/c1-18-2-11-25-19(16-18)17-33-26(30)29(25)21-12-14-28(15-13-21)35(31,32)24-9-7-23(8-10-24)34-22-5-3-20(27)4-6-22/h2-11,16,21H,12-15,17H2,1H3. The minimum atomic E-state index is -3.65. The first kappa shape index (κ1) is 24.1. The second-order valence-electron chi connectivity index (χ2n) is 8.72. The Bertz CT molecular complexity index is 1340. The van der Waals surface area contributed by atoms with Crippen molar-refractivity contribution in [3.8, 4) is 11.5 Å². The van der Waals surface area contributed by atoms with E-state index in [2.05, 4.69) is 22.6 Å². The largest absolute Gasteiger partial charge is 0.457 e. The van der Waals surface area contributed by atoms with E-state index >= 15 is 0 Å². The molecule has 182 valence electrons. The zero-order chi connectivity index (χ0) is 24.6. The molecule has 1 saturated heterocycles. The third kappa shape index (κ3) is 5.03. The van der Waals surface area contributed by atoms with Crippen LogP contribution in [0.1, 0.15) is 24.0 Å². The molecule has 2 aliphatic heterocycles. The van der Waals surface area contributed by atoms with Crippen LogP contribution in [0.15, 0.2) is 71.6 Å². The molecule has 7 nitrogen and oxygen atoms in total. The molecule has 0 radical (unpaired) electrons. The molecule has 0 spiro atoms. The SMILES string of the molecule is Cc1ccc2c(c1)COC(=O)N2C1CCN(S(=O)(=O)c2ccc(Oc3ccc(I)cc3)cc2)CC1. The molecule has 0 aromatic heterocycles. The summed E-state index contributed by atoms with van der Waals surface area (Å²) < 4.78 is 40.3. The molecular formula is C26H25IN2O5S. The number of benzene rings is 3. The molecule has 0 bridgehead atoms. The number of hydrogen-bond donors (Lipinski definition) is 0. The highest BCUT2D eigenvalue weighted by Gasteiger charge is 2.37. The number of piperidine rings is 1. The molecule has 3 aromatic carbocycles. The van der Waals surface area contributed by atoms with E-state index in [4.69, 9.17) is 9.47 Å². The van der Waals surface area contributed by atoms with Gasteiger partial charge >= 0.3 is 6.09 Å². The van der Waals surface area contributed by atoms with Crippen LogP contribution in [0.3, 0.4) is 0 Å². The minimum absolute atomic E-state index is 0.111. The maximum absolute atomic E-state index is 13.3. The average Bonchev–Trinajstić information content (AvgIpc) is 2.86. The van der Waals surface area contributed by atoms with Crippen LogP contribution in [-0.2, 0) is 21.4 Å². The number of halogens is 1. The first-order chi connectivity index (χ1) is 16.8. The Morgan fingerprint density at radius 3 is 2.23 bits per heavy atom. The van der Waals surface area contributed by atoms with Crippen LogP contribution in [0.4, 0.5) is 10.5 Å². The Morgan fingerprint density at radius 2 is 1.57 bits per heavy atom. The van der Waals surface area contributed by atoms with Crippen molar-refractivity contribution in [3.63, 3.8) is 0 Å². The summed E-state index contributed by atoms with van der Waals surface area (Å²) >= 11 is 2.23. The van der Waals surface area contributed by atoms with E-state index < -0.39 is 10.0 Å². The zero-order valence-electron chi connectivity index (χ0n) is 19.2. The molecular weight excluding hydrogens is 579 g/mol. The number of carbonyl (C=O) groups excluding carboxylic acids is 1. The first-order valence-electron chi connectivity index (χ1n) is 11.4. The molecule has 0 unspecified atom stereocenters. The number of fused-ring (bicyclic) bond motifs is 1. The molecule has 0 N–H and O–H groups in total. The summed E-state index contributed by atoms with van der Waals surface area (Å²) in [6.45, 7) is 2.94. The molecule has 5 rings (SSSR count). The molecule has 2 aliphatic rings. The van der Waals surface area contributed by atoms with Crippen LogP contribution in [0.25, 0.3) is 0 Å². The second-order valence-corrected chi connectivity index (χ2v) is 11.9. The Kier molecular flexibility index (Phi) is 6.73. The maximum atomic E-state index is 13.3. The number of aryl methyl sites for hydroxylation is 1. The van der Waals surface area contributed by atoms with Crippen LogP contribution < -0.4 is 9.64 Å². The summed E-state index contributed by atoms with van der Waals surface area (Å²) in [5.74, 6) is 1.26. The van der Waals surface area contributed by atoms with E-state index in [0.29, 0.717) is 37.4 Å². The Hall–Kier alpha value is -2.63. The van der Waals surface area contributed by atoms with E-state index in [1.165, 1.54) is 4.31 Å². The Morgan fingerprint density at radius 1 is 0.943 bits per heavy atom. The van der Waals surface area contributed by atoms with Gasteiger partial charge in [-0.3, -0.25) is 4.90 Å². The van der Waals surface area contributed by atoms with E-state index in [1.807, 2.05) is 49.4 Å². The minimum Gasteiger partial charge on any atom is -0.457 e. The predicted molar refractivity (Wildman–Crippen MR) is 141 cm³/mol. The summed E-state index contributed by atoms with van der Waals surface area (Å²) in [5.41, 5.74) is 2.95. The van der Waals surface area contributed by atoms with Crippen LogP contribution in [0.2, 0.25) is 0 Å². The number of sulfonamides is 1. The molecule has 9 heteroatoms. The summed E-state index contributed by atoms with van der Waals surface area (Å²) in [6.07, 6.45) is 0.706. The van der Waals surface area contributed by atoms with Crippen LogP contribution >= 0.6 is 22.6 Å². The number of amides is 1. The van der Waals surface area contributed by atoms with Crippen molar-refractivity contribution in [2.24, 2.45) is 0 Å². The third-order valence-corrected chi connectivity index (χ3v) is 8.97. The predicted octanol–water partition coefficient (Wildman–Crippen LogP) is 5.70. The van der Waals surface area contributed by atoms with E-state index in [-0.39, 0.29) is 23.6 Å². The van der Waals surface area contributed by atoms with E-state index in [1.54, 1.807) is 29.2 Å². The number of hydrogen-bond acceptors (Lipinski definition) is 5. The van der Waals surface area contributed by atoms with Crippen molar-refractivity contribution in [1.82, 2.24) is 4.31 Å². The summed E-state index contributed by atoms with van der Waals surface area (Å²) in [7, 11) is -3.65. The Labute approximate surface area is 218 Å². The van der Waals surface area contributed by atoms with Gasteiger partial charge in [0.2, 0.25) is 10.0 Å². The highest BCUT2D eigenvalue weighted by atomic mass is 127. The lowest BCUT2D eigenvalue weighted by Crippen LogP contribution is -2.50. The van der Waals surface area contributed by atoms with Crippen molar-refractivity contribution in [2.45, 2.75) is 37.3 Å². The van der Waals surface area contributed by atoms with Crippen molar-refractivity contribution in [3.05, 3.63) is 81.4 Å². The lowest BCUT2D eigenvalue weighted by Gasteiger charge is -2.39. The monoisotopic (exact) mass is 604 g/mol. The summed E-state index contributed by atoms with van der Waals surface area (Å²) in [4.78, 5) is 14.5. The topological polar surface area (TPSA) is 76.2 Å². The van der Waals surface area contributed by atoms with Gasteiger partial charge in [0.15, 0.2) is 0 Å². The molecule has 0 saturated carbocycles. The van der Waals surface area contributed by atoms with Crippen molar-refractivity contribution in [1.29, 1.82) is 0 Å². The second kappa shape index (κ2) is 9.79. The normalized spacial score (nSPS) is 17.1. The quantitative estimate of drug-likeness (QED) is 0.350. The number of anilines is 1. The summed E-state index contributed by atoms with van der Waals surface area (Å²) in [6, 6.07) is 20.0. The number of rotatable bonds is 5. The molecule has 0 atom stereocenters. The number of cyclic esters (lactones) is 1. The van der Waals surface area contributed by atoms with Gasteiger partial charge in [-0.25, -0.2) is 13.2 Å². The Balaban J connectivity index is 1.26. The number of carbonyl (C=O) groups is 1. The maximum Gasteiger partial charge on any atom is 0.414 e. The van der Waals surface area contributed by atoms with E-state index in [0.717, 1.165) is 20.4 Å². The molecule has 3 aromatic rings. The third-order valence-electron chi connectivity index (χ3n) is 6.34. The van der Waals surface area contributed by atoms with Gasteiger partial charge in [0.25, 0.3) is 0 Å². The average molecular weight is 604 g/mol. The van der Waals surface area contributed by atoms with Crippen molar-refractivity contribution in [2.75, 3.05) is 18.0 Å². The van der Waals surface area contributed by atoms with Gasteiger partial charge in [-0.1, -0.05) is 17.7 Å². The van der Waals surface area contributed by atoms with Crippen molar-refractivity contribution >= 4 is 44.4 Å². The fourth-order valence-corrected chi connectivity index (χ4v) is 6.36. The fraction of sp³-hybridized carbons (Fsp3) is 0.269. The van der Waals surface area contributed by atoms with Gasteiger partial charge < -0.3 is 9.47 Å². The molecule has 0 aliphatic carbocycles. The van der Waals surface area contributed by atoms with Crippen LogP contribution in [0.5, 0.6) is 11.5 Å². The van der Waals surface area contributed by atoms with Crippen molar-refractivity contribution < 1.29 is 22.7 Å². The summed E-state index contributed by atoms with van der Waals surface area (Å²) in [5, 5.41) is 0. The van der Waals surface area contributed by atoms with Gasteiger partial charge in [-0.2, -0.15) is 4.31 Å². The lowest BCUT2D eigenvalue weighted by molar-refractivity contribution is 0.135. The van der Waals surface area contributed by atoms with Gasteiger partial charge in [-0.15, -0.1) is 0 Å². The lowest BCUT2D eigenvalue weighted by atomic mass is 10.0. The number of ether oxygens (including phenoxy) is 2. The molecule has 1 fully saturated rings. The van der Waals surface area contributed by atoms with Gasteiger partial charge in [0.1, 0.15) is 18.1 Å². The smallest absolute Gasteiger partial charge is 0.414 e. The molecule has 35 heavy (non-hydrogen) atoms. The van der Waals surface area contributed by atoms with Gasteiger partial charge in [-0.05, 0) is 97.0 Å². The highest BCUT2D eigenvalue weighted by Crippen LogP contribution is 2.34. The van der Waals surface area contributed by atoms with E-state index in [9.17, 15) is 13.2 Å². The molecule has 1 amide bonds. The first-order valence-corrected chi connectivity index (χ1v) is 13.9. The fourth-order valence-electron chi connectivity index (χ4n) is 4.53. The number of nitrogens with zero attached hydrogens (tertiary/aromatic N) is 2. The zero-order valence-corrected chi connectivity index (χ0v) is 22.2.